The Hall–Kier alpha value is -1.87. The molecule has 0 saturated carbocycles. The number of nitrogens with two attached hydrogens (primary N) is 1. The molecule has 0 radical (unpaired) electrons. The van der Waals surface area contributed by atoms with E-state index in [1.54, 1.807) is 12.1 Å². The molecule has 0 saturated heterocycles. The lowest BCUT2D eigenvalue weighted by molar-refractivity contribution is 0.299. The van der Waals surface area contributed by atoms with E-state index < -0.39 is 0 Å². The van der Waals surface area contributed by atoms with Crippen LogP contribution in [0, 0.1) is 19.7 Å². The van der Waals surface area contributed by atoms with E-state index in [1.165, 1.54) is 11.6 Å². The first-order chi connectivity index (χ1) is 9.10. The van der Waals surface area contributed by atoms with Crippen LogP contribution in [0.25, 0.3) is 0 Å². The first-order valence-corrected chi connectivity index (χ1v) is 6.27. The van der Waals surface area contributed by atoms with E-state index >= 15 is 0 Å². The van der Waals surface area contributed by atoms with Gasteiger partial charge in [0.05, 0.1) is 0 Å². The molecule has 0 aromatic heterocycles. The van der Waals surface area contributed by atoms with Gasteiger partial charge >= 0.3 is 0 Å². The van der Waals surface area contributed by atoms with Gasteiger partial charge in [0, 0.05) is 12.1 Å². The topological polar surface area (TPSA) is 35.2 Å². The van der Waals surface area contributed by atoms with Crippen LogP contribution in [-0.4, -0.2) is 0 Å². The van der Waals surface area contributed by atoms with Gasteiger partial charge in [-0.05, 0) is 54.8 Å². The fourth-order valence-corrected chi connectivity index (χ4v) is 1.83. The number of ether oxygens (including phenoxy) is 1. The summed E-state index contributed by atoms with van der Waals surface area (Å²) in [5, 5.41) is 0. The van der Waals surface area contributed by atoms with Crippen LogP contribution in [0.5, 0.6) is 5.75 Å². The van der Waals surface area contributed by atoms with Crippen LogP contribution >= 0.6 is 0 Å². The molecule has 100 valence electrons. The van der Waals surface area contributed by atoms with E-state index in [1.807, 2.05) is 32.0 Å². The summed E-state index contributed by atoms with van der Waals surface area (Å²) in [5.41, 5.74) is 9.35. The largest absolute Gasteiger partial charge is 0.489 e. The van der Waals surface area contributed by atoms with Gasteiger partial charge in [-0.2, -0.15) is 0 Å². The smallest absolute Gasteiger partial charge is 0.129 e. The highest BCUT2D eigenvalue weighted by atomic mass is 19.1. The summed E-state index contributed by atoms with van der Waals surface area (Å²) in [6, 6.07) is 10.7. The van der Waals surface area contributed by atoms with Crippen molar-refractivity contribution in [3.8, 4) is 5.75 Å². The molecule has 19 heavy (non-hydrogen) atoms. The second-order valence-electron chi connectivity index (χ2n) is 4.66. The maximum atomic E-state index is 13.6. The molecule has 0 atom stereocenters. The Morgan fingerprint density at radius 2 is 1.84 bits per heavy atom. The molecule has 0 aliphatic rings. The zero-order chi connectivity index (χ0) is 13.8. The fraction of sp³-hybridized carbons (Fsp3) is 0.250. The fourth-order valence-electron chi connectivity index (χ4n) is 1.83. The normalized spacial score (nSPS) is 10.5. The summed E-state index contributed by atoms with van der Waals surface area (Å²) in [6.07, 6.45) is 0. The Morgan fingerprint density at radius 1 is 1.05 bits per heavy atom. The van der Waals surface area contributed by atoms with E-state index in [0.717, 1.165) is 16.9 Å². The molecule has 2 aromatic rings. The van der Waals surface area contributed by atoms with E-state index in [-0.39, 0.29) is 12.4 Å². The van der Waals surface area contributed by atoms with Crippen LogP contribution in [0.15, 0.2) is 36.4 Å². The zero-order valence-electron chi connectivity index (χ0n) is 11.2. The summed E-state index contributed by atoms with van der Waals surface area (Å²) in [5.74, 6) is 0.488. The average Bonchev–Trinajstić information content (AvgIpc) is 2.41. The number of hydrogen-bond donors (Lipinski definition) is 1. The monoisotopic (exact) mass is 259 g/mol. The van der Waals surface area contributed by atoms with Gasteiger partial charge in [0.2, 0.25) is 0 Å². The third-order valence-electron chi connectivity index (χ3n) is 3.22. The molecular weight excluding hydrogens is 241 g/mol. The Kier molecular flexibility index (Phi) is 4.17. The molecule has 0 spiro atoms. The van der Waals surface area contributed by atoms with Gasteiger partial charge in [0.1, 0.15) is 18.2 Å². The van der Waals surface area contributed by atoms with Gasteiger partial charge in [-0.3, -0.25) is 0 Å². The molecule has 2 aromatic carbocycles. The SMILES string of the molecule is Cc1ccc(OCc2cc(CN)ccc2F)cc1C. The van der Waals surface area contributed by atoms with Crippen molar-refractivity contribution in [3.63, 3.8) is 0 Å². The minimum atomic E-state index is -0.263. The third kappa shape index (κ3) is 3.32. The maximum Gasteiger partial charge on any atom is 0.129 e. The van der Waals surface area contributed by atoms with Crippen LogP contribution in [0.1, 0.15) is 22.3 Å². The molecule has 2 rings (SSSR count). The van der Waals surface area contributed by atoms with Crippen molar-refractivity contribution in [2.24, 2.45) is 5.73 Å². The first kappa shape index (κ1) is 13.6. The second kappa shape index (κ2) is 5.85. The minimum Gasteiger partial charge on any atom is -0.489 e. The number of aryl methyl sites for hydroxylation is 2. The van der Waals surface area contributed by atoms with E-state index in [0.29, 0.717) is 12.1 Å². The molecule has 0 unspecified atom stereocenters. The molecule has 0 heterocycles. The van der Waals surface area contributed by atoms with Gasteiger partial charge in [-0.1, -0.05) is 12.1 Å². The zero-order valence-corrected chi connectivity index (χ0v) is 11.2. The summed E-state index contributed by atoms with van der Waals surface area (Å²) in [4.78, 5) is 0. The molecular formula is C16H18FNO. The molecule has 0 fully saturated rings. The highest BCUT2D eigenvalue weighted by Crippen LogP contribution is 2.19. The number of rotatable bonds is 4. The lowest BCUT2D eigenvalue weighted by Crippen LogP contribution is -2.02. The number of hydrogen-bond acceptors (Lipinski definition) is 2. The maximum absolute atomic E-state index is 13.6. The Bertz CT molecular complexity index is 581. The first-order valence-electron chi connectivity index (χ1n) is 6.27. The van der Waals surface area contributed by atoms with E-state index in [4.69, 9.17) is 10.5 Å². The summed E-state index contributed by atoms with van der Waals surface area (Å²) >= 11 is 0. The summed E-state index contributed by atoms with van der Waals surface area (Å²) < 4.78 is 19.3. The predicted octanol–water partition coefficient (Wildman–Crippen LogP) is 3.48. The van der Waals surface area contributed by atoms with Crippen LogP contribution < -0.4 is 10.5 Å². The summed E-state index contributed by atoms with van der Waals surface area (Å²) in [6.45, 7) is 4.68. The predicted molar refractivity (Wildman–Crippen MR) is 74.5 cm³/mol. The second-order valence-corrected chi connectivity index (χ2v) is 4.66. The van der Waals surface area contributed by atoms with Crippen molar-refractivity contribution in [2.75, 3.05) is 0 Å². The summed E-state index contributed by atoms with van der Waals surface area (Å²) in [7, 11) is 0. The van der Waals surface area contributed by atoms with Crippen molar-refractivity contribution in [3.05, 3.63) is 64.5 Å². The molecule has 0 bridgehead atoms. The van der Waals surface area contributed by atoms with Gasteiger partial charge in [-0.15, -0.1) is 0 Å². The molecule has 0 amide bonds. The van der Waals surface area contributed by atoms with E-state index in [9.17, 15) is 4.39 Å². The molecule has 3 heteroatoms. The standard InChI is InChI=1S/C16H18FNO/c1-11-3-5-15(7-12(11)2)19-10-14-8-13(9-18)4-6-16(14)17/h3-8H,9-10,18H2,1-2H3. The average molecular weight is 259 g/mol. The molecule has 0 aliphatic carbocycles. The van der Waals surface area contributed by atoms with E-state index in [2.05, 4.69) is 0 Å². The van der Waals surface area contributed by atoms with Gasteiger partial charge < -0.3 is 10.5 Å². The van der Waals surface area contributed by atoms with Crippen molar-refractivity contribution in [1.29, 1.82) is 0 Å². The highest BCUT2D eigenvalue weighted by Gasteiger charge is 2.05. The molecule has 2 N–H and O–H groups in total. The lowest BCUT2D eigenvalue weighted by Gasteiger charge is -2.10. The molecule has 2 nitrogen and oxygen atoms in total. The van der Waals surface area contributed by atoms with Gasteiger partial charge in [0.25, 0.3) is 0 Å². The Labute approximate surface area is 113 Å². The van der Waals surface area contributed by atoms with Crippen molar-refractivity contribution in [2.45, 2.75) is 27.0 Å². The third-order valence-corrected chi connectivity index (χ3v) is 3.22. The van der Waals surface area contributed by atoms with Gasteiger partial charge in [0.15, 0.2) is 0 Å². The van der Waals surface area contributed by atoms with Crippen LogP contribution in [0.4, 0.5) is 4.39 Å². The Balaban J connectivity index is 2.11. The van der Waals surface area contributed by atoms with Crippen molar-refractivity contribution < 1.29 is 9.13 Å². The minimum absolute atomic E-state index is 0.210. The quantitative estimate of drug-likeness (QED) is 0.912. The number of benzene rings is 2. The van der Waals surface area contributed by atoms with Crippen molar-refractivity contribution >= 4 is 0 Å². The van der Waals surface area contributed by atoms with Crippen molar-refractivity contribution in [1.82, 2.24) is 0 Å². The van der Waals surface area contributed by atoms with Crippen LogP contribution in [0.2, 0.25) is 0 Å². The highest BCUT2D eigenvalue weighted by molar-refractivity contribution is 5.34. The number of halogens is 1. The van der Waals surface area contributed by atoms with Crippen LogP contribution in [0.3, 0.4) is 0 Å². The lowest BCUT2D eigenvalue weighted by atomic mass is 10.1. The van der Waals surface area contributed by atoms with Gasteiger partial charge in [-0.25, -0.2) is 4.39 Å². The van der Waals surface area contributed by atoms with Crippen LogP contribution in [-0.2, 0) is 13.2 Å². The molecule has 0 aliphatic heterocycles. The Morgan fingerprint density at radius 3 is 2.53 bits per heavy atom.